The Kier molecular flexibility index (Phi) is 5.46. The second kappa shape index (κ2) is 6.19. The third kappa shape index (κ3) is 4.59. The van der Waals surface area contributed by atoms with Gasteiger partial charge in [-0.15, -0.1) is 0 Å². The van der Waals surface area contributed by atoms with Crippen LogP contribution in [0.25, 0.3) is 0 Å². The van der Waals surface area contributed by atoms with Gasteiger partial charge in [-0.05, 0) is 37.1 Å². The highest BCUT2D eigenvalue weighted by molar-refractivity contribution is 4.87. The molecule has 3 atom stereocenters. The van der Waals surface area contributed by atoms with E-state index in [1.165, 1.54) is 12.8 Å². The second-order valence-corrected chi connectivity index (χ2v) is 6.83. The van der Waals surface area contributed by atoms with E-state index in [2.05, 4.69) is 39.5 Å². The molecule has 0 spiro atoms. The van der Waals surface area contributed by atoms with Crippen LogP contribution in [0.2, 0.25) is 0 Å². The van der Waals surface area contributed by atoms with Gasteiger partial charge in [-0.3, -0.25) is 4.90 Å². The molecular weight excluding hydrogens is 210 g/mol. The maximum Gasteiger partial charge on any atom is 0.0555 e. The fourth-order valence-electron chi connectivity index (χ4n) is 3.18. The van der Waals surface area contributed by atoms with Crippen LogP contribution in [0.4, 0.5) is 0 Å². The quantitative estimate of drug-likeness (QED) is 0.816. The lowest BCUT2D eigenvalue weighted by atomic mass is 9.79. The minimum absolute atomic E-state index is 0.0724. The van der Waals surface area contributed by atoms with Gasteiger partial charge in [0.2, 0.25) is 0 Å². The molecule has 2 heteroatoms. The maximum atomic E-state index is 9.91. The van der Waals surface area contributed by atoms with Gasteiger partial charge in [0, 0.05) is 12.6 Å². The summed E-state index contributed by atoms with van der Waals surface area (Å²) in [7, 11) is 0. The van der Waals surface area contributed by atoms with Crippen LogP contribution in [-0.2, 0) is 0 Å². The molecule has 1 rings (SSSR count). The van der Waals surface area contributed by atoms with Crippen molar-refractivity contribution in [3.05, 3.63) is 0 Å². The molecule has 1 saturated carbocycles. The topological polar surface area (TPSA) is 23.5 Å². The Hall–Kier alpha value is -0.0800. The molecule has 1 aliphatic rings. The molecule has 0 heterocycles. The summed E-state index contributed by atoms with van der Waals surface area (Å²) < 4.78 is 0. The van der Waals surface area contributed by atoms with Crippen LogP contribution in [0, 0.1) is 11.3 Å². The van der Waals surface area contributed by atoms with Crippen molar-refractivity contribution in [1.82, 2.24) is 4.90 Å². The fourth-order valence-corrected chi connectivity index (χ4v) is 3.18. The molecule has 1 N–H and O–H groups in total. The smallest absolute Gasteiger partial charge is 0.0555 e. The van der Waals surface area contributed by atoms with Crippen molar-refractivity contribution in [2.24, 2.45) is 11.3 Å². The average Bonchev–Trinajstić information content (AvgIpc) is 2.24. The van der Waals surface area contributed by atoms with Gasteiger partial charge < -0.3 is 5.11 Å². The first-order chi connectivity index (χ1) is 7.87. The molecule has 2 nitrogen and oxygen atoms in total. The first-order valence-corrected chi connectivity index (χ1v) is 7.29. The van der Waals surface area contributed by atoms with E-state index < -0.39 is 0 Å². The first kappa shape index (κ1) is 15.0. The maximum absolute atomic E-state index is 9.91. The predicted molar refractivity (Wildman–Crippen MR) is 74.1 cm³/mol. The summed E-state index contributed by atoms with van der Waals surface area (Å²) in [4.78, 5) is 2.59. The van der Waals surface area contributed by atoms with E-state index in [1.807, 2.05) is 0 Å². The van der Waals surface area contributed by atoms with Crippen molar-refractivity contribution in [3.8, 4) is 0 Å². The Balaban J connectivity index is 2.69. The van der Waals surface area contributed by atoms with Crippen LogP contribution in [-0.4, -0.2) is 35.2 Å². The molecule has 17 heavy (non-hydrogen) atoms. The van der Waals surface area contributed by atoms with Crippen molar-refractivity contribution in [3.63, 3.8) is 0 Å². The molecule has 0 radical (unpaired) electrons. The molecule has 0 aromatic carbocycles. The molecule has 3 unspecified atom stereocenters. The highest BCUT2D eigenvalue weighted by Crippen LogP contribution is 2.32. The lowest BCUT2D eigenvalue weighted by Gasteiger charge is -2.43. The van der Waals surface area contributed by atoms with E-state index in [9.17, 15) is 5.11 Å². The van der Waals surface area contributed by atoms with Crippen molar-refractivity contribution in [2.75, 3.05) is 13.1 Å². The van der Waals surface area contributed by atoms with Gasteiger partial charge in [-0.2, -0.15) is 0 Å². The minimum atomic E-state index is -0.0724. The summed E-state index contributed by atoms with van der Waals surface area (Å²) in [5, 5.41) is 9.91. The third-order valence-electron chi connectivity index (χ3n) is 4.01. The third-order valence-corrected chi connectivity index (χ3v) is 4.01. The Morgan fingerprint density at radius 3 is 2.29 bits per heavy atom. The zero-order chi connectivity index (χ0) is 13.1. The minimum Gasteiger partial charge on any atom is -0.393 e. The predicted octanol–water partition coefficient (Wildman–Crippen LogP) is 3.29. The van der Waals surface area contributed by atoms with Crippen molar-refractivity contribution < 1.29 is 5.11 Å². The second-order valence-electron chi connectivity index (χ2n) is 6.83. The van der Waals surface area contributed by atoms with Crippen molar-refractivity contribution >= 4 is 0 Å². The summed E-state index contributed by atoms with van der Waals surface area (Å²) in [5.74, 6) is 0.778. The Labute approximate surface area is 107 Å². The normalized spacial score (nSPS) is 30.9. The highest BCUT2D eigenvalue weighted by atomic mass is 16.3. The highest BCUT2D eigenvalue weighted by Gasteiger charge is 2.33. The number of rotatable bonds is 4. The number of hydrogen-bond donors (Lipinski definition) is 1. The largest absolute Gasteiger partial charge is 0.393 e. The monoisotopic (exact) mass is 241 g/mol. The van der Waals surface area contributed by atoms with Crippen LogP contribution in [0.5, 0.6) is 0 Å². The van der Waals surface area contributed by atoms with Gasteiger partial charge in [0.1, 0.15) is 0 Å². The van der Waals surface area contributed by atoms with Gasteiger partial charge >= 0.3 is 0 Å². The van der Waals surface area contributed by atoms with E-state index in [4.69, 9.17) is 0 Å². The molecule has 0 aromatic rings. The van der Waals surface area contributed by atoms with E-state index in [0.717, 1.165) is 31.8 Å². The van der Waals surface area contributed by atoms with Crippen LogP contribution in [0.1, 0.15) is 60.3 Å². The lowest BCUT2D eigenvalue weighted by molar-refractivity contribution is 0.0144. The van der Waals surface area contributed by atoms with Crippen molar-refractivity contribution in [1.29, 1.82) is 0 Å². The molecule has 0 amide bonds. The summed E-state index contributed by atoms with van der Waals surface area (Å²) in [6.45, 7) is 13.7. The molecule has 0 saturated heterocycles. The van der Waals surface area contributed by atoms with E-state index in [1.54, 1.807) is 0 Å². The Morgan fingerprint density at radius 1 is 1.18 bits per heavy atom. The van der Waals surface area contributed by atoms with Gasteiger partial charge in [0.25, 0.3) is 0 Å². The fraction of sp³-hybridized carbons (Fsp3) is 1.00. The SMILES string of the molecule is CCC1CCC(O)CC1N(CC)CC(C)(C)C. The zero-order valence-electron chi connectivity index (χ0n) is 12.4. The van der Waals surface area contributed by atoms with Crippen LogP contribution in [0.15, 0.2) is 0 Å². The molecule has 0 aliphatic heterocycles. The zero-order valence-corrected chi connectivity index (χ0v) is 12.4. The number of hydrogen-bond acceptors (Lipinski definition) is 2. The lowest BCUT2D eigenvalue weighted by Crippen LogP contribution is -2.48. The number of aliphatic hydroxyl groups is 1. The molecular formula is C15H31NO. The summed E-state index contributed by atoms with van der Waals surface area (Å²) >= 11 is 0. The molecule has 1 fully saturated rings. The van der Waals surface area contributed by atoms with Gasteiger partial charge in [0.15, 0.2) is 0 Å². The summed E-state index contributed by atoms with van der Waals surface area (Å²) in [6, 6.07) is 0.591. The number of aliphatic hydroxyl groups excluding tert-OH is 1. The molecule has 102 valence electrons. The molecule has 1 aliphatic carbocycles. The summed E-state index contributed by atoms with van der Waals surface area (Å²) in [6.07, 6.45) is 4.35. The summed E-state index contributed by atoms with van der Waals surface area (Å²) in [5.41, 5.74) is 0.344. The van der Waals surface area contributed by atoms with Gasteiger partial charge in [-0.1, -0.05) is 41.0 Å². The number of nitrogens with zero attached hydrogens (tertiary/aromatic N) is 1. The van der Waals surface area contributed by atoms with Gasteiger partial charge in [-0.25, -0.2) is 0 Å². The van der Waals surface area contributed by atoms with E-state index in [-0.39, 0.29) is 6.10 Å². The van der Waals surface area contributed by atoms with Crippen LogP contribution < -0.4 is 0 Å². The Morgan fingerprint density at radius 2 is 1.82 bits per heavy atom. The average molecular weight is 241 g/mol. The molecule has 0 bridgehead atoms. The standard InChI is InChI=1S/C15H31NO/c1-6-12-8-9-13(17)10-14(12)16(7-2)11-15(3,4)5/h12-14,17H,6-11H2,1-5H3. The molecule has 0 aromatic heterocycles. The van der Waals surface area contributed by atoms with Gasteiger partial charge in [0.05, 0.1) is 6.10 Å². The van der Waals surface area contributed by atoms with Crippen molar-refractivity contribution in [2.45, 2.75) is 72.4 Å². The van der Waals surface area contributed by atoms with Crippen LogP contribution in [0.3, 0.4) is 0 Å². The van der Waals surface area contributed by atoms with Crippen LogP contribution >= 0.6 is 0 Å². The Bertz CT molecular complexity index is 221. The van der Waals surface area contributed by atoms with E-state index in [0.29, 0.717) is 11.5 Å². The first-order valence-electron chi connectivity index (χ1n) is 7.29. The van der Waals surface area contributed by atoms with E-state index >= 15 is 0 Å².